The van der Waals surface area contributed by atoms with E-state index in [9.17, 15) is 9.18 Å². The van der Waals surface area contributed by atoms with E-state index in [1.54, 1.807) is 31.6 Å². The van der Waals surface area contributed by atoms with E-state index in [2.05, 4.69) is 22.2 Å². The largest absolute Gasteiger partial charge is 0.476 e. The average Bonchev–Trinajstić information content (AvgIpc) is 3.39. The van der Waals surface area contributed by atoms with Crippen molar-refractivity contribution < 1.29 is 13.9 Å². The van der Waals surface area contributed by atoms with Crippen molar-refractivity contribution in [1.82, 2.24) is 14.4 Å². The Labute approximate surface area is 240 Å². The molecule has 0 spiro atoms. The summed E-state index contributed by atoms with van der Waals surface area (Å²) in [4.78, 5) is 22.0. The number of aromatic nitrogens is 3. The molecular weight excluding hydrogens is 519 g/mol. The van der Waals surface area contributed by atoms with E-state index in [0.717, 1.165) is 48.9 Å². The topological polar surface area (TPSA) is 118 Å². The Bertz CT molecular complexity index is 1550. The van der Waals surface area contributed by atoms with E-state index in [4.69, 9.17) is 15.7 Å². The molecule has 0 saturated carbocycles. The SMILES string of the molecule is CCCC(CCN)CCCC(=O)c1ccc(Nc2nccn3c(-c4ccc(OCC#N)c(F)c4C)cnc23)cc1C. The Balaban J connectivity index is 1.50. The van der Waals surface area contributed by atoms with Crippen molar-refractivity contribution in [2.45, 2.75) is 59.3 Å². The van der Waals surface area contributed by atoms with Crippen LogP contribution in [0.2, 0.25) is 0 Å². The van der Waals surface area contributed by atoms with E-state index in [0.29, 0.717) is 47.2 Å². The molecule has 9 heteroatoms. The Kier molecular flexibility index (Phi) is 10.0. The number of carbonyl (C=O) groups excluding carboxylic acids is 1. The van der Waals surface area contributed by atoms with Crippen molar-refractivity contribution in [1.29, 1.82) is 5.26 Å². The van der Waals surface area contributed by atoms with Crippen LogP contribution in [-0.4, -0.2) is 33.3 Å². The van der Waals surface area contributed by atoms with E-state index in [1.165, 1.54) is 6.07 Å². The third kappa shape index (κ3) is 6.90. The molecule has 4 rings (SSSR count). The standard InChI is InChI=1S/C32H37FN6O2/c1-4-6-23(13-14-34)7-5-8-28(40)25-10-9-24(19-21(25)2)38-31-32-37-20-27(39(32)17-16-36-31)26-11-12-29(41-18-15-35)30(33)22(26)3/h9-12,16-17,19-20,23H,4-8,13-14,18,34H2,1-3H3,(H,36,38). The van der Waals surface area contributed by atoms with Crippen LogP contribution in [0.25, 0.3) is 16.9 Å². The minimum atomic E-state index is -0.512. The van der Waals surface area contributed by atoms with Crippen LogP contribution >= 0.6 is 0 Å². The molecule has 0 aliphatic heterocycles. The maximum atomic E-state index is 14.9. The number of Topliss-reactive ketones (excluding diaryl/α,β-unsaturated/α-hetero) is 1. The van der Waals surface area contributed by atoms with Crippen molar-refractivity contribution >= 4 is 22.9 Å². The van der Waals surface area contributed by atoms with Crippen LogP contribution in [0, 0.1) is 36.9 Å². The molecular formula is C32H37FN6O2. The van der Waals surface area contributed by atoms with Gasteiger partial charge in [0, 0.05) is 35.6 Å². The fourth-order valence-corrected chi connectivity index (χ4v) is 5.32. The number of nitriles is 1. The zero-order valence-corrected chi connectivity index (χ0v) is 23.9. The third-order valence-corrected chi connectivity index (χ3v) is 7.42. The number of rotatable bonds is 14. The Morgan fingerprint density at radius 2 is 2.02 bits per heavy atom. The van der Waals surface area contributed by atoms with Gasteiger partial charge < -0.3 is 15.8 Å². The van der Waals surface area contributed by atoms with Crippen LogP contribution in [-0.2, 0) is 0 Å². The van der Waals surface area contributed by atoms with Gasteiger partial charge in [0.1, 0.15) is 6.07 Å². The Morgan fingerprint density at radius 3 is 2.76 bits per heavy atom. The summed E-state index contributed by atoms with van der Waals surface area (Å²) in [6, 6.07) is 10.8. The number of imidazole rings is 1. The van der Waals surface area contributed by atoms with Gasteiger partial charge in [-0.1, -0.05) is 19.8 Å². The quantitative estimate of drug-likeness (QED) is 0.162. The molecule has 0 saturated heterocycles. The molecule has 1 atom stereocenters. The van der Waals surface area contributed by atoms with Gasteiger partial charge >= 0.3 is 0 Å². The van der Waals surface area contributed by atoms with Crippen LogP contribution in [0.15, 0.2) is 48.9 Å². The third-order valence-electron chi connectivity index (χ3n) is 7.42. The molecule has 0 fully saturated rings. The number of hydrogen-bond acceptors (Lipinski definition) is 7. The average molecular weight is 557 g/mol. The molecule has 0 amide bonds. The summed E-state index contributed by atoms with van der Waals surface area (Å²) >= 11 is 0. The van der Waals surface area contributed by atoms with Crippen LogP contribution in [0.1, 0.15) is 66.9 Å². The van der Waals surface area contributed by atoms with Crippen molar-refractivity contribution in [2.24, 2.45) is 11.7 Å². The van der Waals surface area contributed by atoms with Crippen molar-refractivity contribution in [3.05, 3.63) is 71.4 Å². The number of nitrogens with zero attached hydrogens (tertiary/aromatic N) is 4. The Morgan fingerprint density at radius 1 is 1.20 bits per heavy atom. The first-order valence-corrected chi connectivity index (χ1v) is 14.1. The first kappa shape index (κ1) is 29.7. The first-order valence-electron chi connectivity index (χ1n) is 14.1. The van der Waals surface area contributed by atoms with E-state index in [-0.39, 0.29) is 18.1 Å². The normalized spacial score (nSPS) is 11.8. The molecule has 41 heavy (non-hydrogen) atoms. The van der Waals surface area contributed by atoms with Crippen LogP contribution < -0.4 is 15.8 Å². The lowest BCUT2D eigenvalue weighted by Gasteiger charge is -2.15. The van der Waals surface area contributed by atoms with E-state index in [1.807, 2.05) is 35.6 Å². The number of fused-ring (bicyclic) bond motifs is 1. The molecule has 0 bridgehead atoms. The summed E-state index contributed by atoms with van der Waals surface area (Å²) < 4.78 is 21.9. The monoisotopic (exact) mass is 556 g/mol. The highest BCUT2D eigenvalue weighted by Crippen LogP contribution is 2.32. The highest BCUT2D eigenvalue weighted by atomic mass is 19.1. The summed E-state index contributed by atoms with van der Waals surface area (Å²) in [6.45, 7) is 6.26. The zero-order valence-electron chi connectivity index (χ0n) is 23.9. The minimum absolute atomic E-state index is 0.0372. The van der Waals surface area contributed by atoms with Gasteiger partial charge in [0.25, 0.3) is 0 Å². The maximum absolute atomic E-state index is 14.9. The lowest BCUT2D eigenvalue weighted by atomic mass is 9.92. The number of ketones is 1. The predicted octanol–water partition coefficient (Wildman–Crippen LogP) is 6.92. The predicted molar refractivity (Wildman–Crippen MR) is 159 cm³/mol. The number of ether oxygens (including phenoxy) is 1. The fraction of sp³-hybridized carbons (Fsp3) is 0.375. The second-order valence-electron chi connectivity index (χ2n) is 10.3. The molecule has 1 unspecified atom stereocenters. The Hall–Kier alpha value is -4.29. The van der Waals surface area contributed by atoms with Crippen LogP contribution in [0.3, 0.4) is 0 Å². The molecule has 214 valence electrons. The van der Waals surface area contributed by atoms with Gasteiger partial charge in [0.05, 0.1) is 11.9 Å². The maximum Gasteiger partial charge on any atom is 0.180 e. The second-order valence-corrected chi connectivity index (χ2v) is 10.3. The van der Waals surface area contributed by atoms with E-state index < -0.39 is 5.82 Å². The molecule has 4 aromatic rings. The molecule has 8 nitrogen and oxygen atoms in total. The van der Waals surface area contributed by atoms with Crippen LogP contribution in [0.5, 0.6) is 5.75 Å². The van der Waals surface area contributed by atoms with Gasteiger partial charge in [-0.15, -0.1) is 0 Å². The van der Waals surface area contributed by atoms with Gasteiger partial charge in [-0.05, 0) is 87.0 Å². The fourth-order valence-electron chi connectivity index (χ4n) is 5.32. The minimum Gasteiger partial charge on any atom is -0.476 e. The lowest BCUT2D eigenvalue weighted by Crippen LogP contribution is -2.10. The molecule has 2 aromatic heterocycles. The number of nitrogens with one attached hydrogen (secondary N) is 1. The van der Waals surface area contributed by atoms with Crippen molar-refractivity contribution in [3.63, 3.8) is 0 Å². The number of benzene rings is 2. The summed E-state index contributed by atoms with van der Waals surface area (Å²) in [6.07, 6.45) is 10.8. The second kappa shape index (κ2) is 13.9. The molecule has 3 N–H and O–H groups in total. The molecule has 0 aliphatic rings. The highest BCUT2D eigenvalue weighted by Gasteiger charge is 2.18. The number of aryl methyl sites for hydroxylation is 1. The summed E-state index contributed by atoms with van der Waals surface area (Å²) in [7, 11) is 0. The van der Waals surface area contributed by atoms with E-state index >= 15 is 0 Å². The van der Waals surface area contributed by atoms with Crippen molar-refractivity contribution in [2.75, 3.05) is 18.5 Å². The zero-order chi connectivity index (χ0) is 29.4. The number of halogens is 1. The highest BCUT2D eigenvalue weighted by molar-refractivity contribution is 5.98. The number of carbonyl (C=O) groups is 1. The van der Waals surface area contributed by atoms with Crippen LogP contribution in [0.4, 0.5) is 15.9 Å². The first-order chi connectivity index (χ1) is 19.9. The van der Waals surface area contributed by atoms with Gasteiger partial charge in [-0.3, -0.25) is 9.20 Å². The number of nitrogens with two attached hydrogens (primary N) is 1. The molecule has 0 radical (unpaired) electrons. The van der Waals surface area contributed by atoms with Gasteiger partial charge in [-0.2, -0.15) is 5.26 Å². The number of anilines is 2. The van der Waals surface area contributed by atoms with Gasteiger partial charge in [0.2, 0.25) is 0 Å². The van der Waals surface area contributed by atoms with Gasteiger partial charge in [0.15, 0.2) is 35.4 Å². The number of hydrogen-bond donors (Lipinski definition) is 2. The van der Waals surface area contributed by atoms with Crippen molar-refractivity contribution in [3.8, 4) is 23.1 Å². The summed E-state index contributed by atoms with van der Waals surface area (Å²) in [5.41, 5.74) is 10.5. The molecule has 0 aliphatic carbocycles. The summed E-state index contributed by atoms with van der Waals surface area (Å²) in [5.74, 6) is 0.805. The molecule has 2 heterocycles. The van der Waals surface area contributed by atoms with Gasteiger partial charge in [-0.25, -0.2) is 14.4 Å². The smallest absolute Gasteiger partial charge is 0.180 e. The molecule has 2 aromatic carbocycles. The summed E-state index contributed by atoms with van der Waals surface area (Å²) in [5, 5.41) is 12.1. The lowest BCUT2D eigenvalue weighted by molar-refractivity contribution is 0.0976.